The van der Waals surface area contributed by atoms with Gasteiger partial charge in [0, 0.05) is 37.2 Å². The summed E-state index contributed by atoms with van der Waals surface area (Å²) in [4.78, 5) is 29.7. The number of hydrogen-bond donors (Lipinski definition) is 0. The van der Waals surface area contributed by atoms with Crippen LogP contribution in [-0.2, 0) is 20.7 Å². The van der Waals surface area contributed by atoms with E-state index in [1.165, 1.54) is 5.56 Å². The van der Waals surface area contributed by atoms with E-state index in [4.69, 9.17) is 4.74 Å². The van der Waals surface area contributed by atoms with Crippen LogP contribution in [-0.4, -0.2) is 49.6 Å². The molecule has 1 saturated carbocycles. The average Bonchev–Trinajstić information content (AvgIpc) is 2.73. The van der Waals surface area contributed by atoms with Crippen molar-refractivity contribution < 1.29 is 14.3 Å². The Morgan fingerprint density at radius 3 is 2.27 bits per heavy atom. The minimum absolute atomic E-state index is 0.0647. The number of carbonyl (C=O) groups excluding carboxylic acids is 2. The predicted octanol–water partition coefficient (Wildman–Crippen LogP) is 2.63. The van der Waals surface area contributed by atoms with E-state index in [-0.39, 0.29) is 23.7 Å². The molecule has 1 aromatic carbocycles. The highest BCUT2D eigenvalue weighted by Crippen LogP contribution is 2.34. The Kier molecular flexibility index (Phi) is 5.25. The van der Waals surface area contributed by atoms with Crippen molar-refractivity contribution in [3.05, 3.63) is 29.8 Å². The molecule has 0 aromatic heterocycles. The Bertz CT molecular complexity index is 661. The molecule has 26 heavy (non-hydrogen) atoms. The molecule has 0 unspecified atom stereocenters. The first-order valence-electron chi connectivity index (χ1n) is 10.00. The lowest BCUT2D eigenvalue weighted by molar-refractivity contribution is -0.141. The first-order chi connectivity index (χ1) is 12.7. The Morgan fingerprint density at radius 2 is 1.54 bits per heavy atom. The number of amides is 2. The molecule has 1 saturated heterocycles. The number of rotatable bonds is 2. The Balaban J connectivity index is 1.36. The molecular formula is C21H28N2O3. The number of morpholine rings is 1. The van der Waals surface area contributed by atoms with Gasteiger partial charge in [0.05, 0.1) is 13.2 Å². The molecule has 5 nitrogen and oxygen atoms in total. The molecule has 4 rings (SSSR count). The molecule has 1 aliphatic carbocycles. The van der Waals surface area contributed by atoms with E-state index in [2.05, 4.69) is 18.2 Å². The van der Waals surface area contributed by atoms with Gasteiger partial charge in [0.2, 0.25) is 11.8 Å². The lowest BCUT2D eigenvalue weighted by atomic mass is 9.80. The quantitative estimate of drug-likeness (QED) is 0.818. The number of aryl methyl sites for hydroxylation is 1. The van der Waals surface area contributed by atoms with Crippen LogP contribution < -0.4 is 4.90 Å². The zero-order valence-electron chi connectivity index (χ0n) is 15.4. The van der Waals surface area contributed by atoms with E-state index >= 15 is 0 Å². The first-order valence-corrected chi connectivity index (χ1v) is 10.00. The molecule has 2 fully saturated rings. The molecule has 3 aliphatic rings. The molecule has 0 spiro atoms. The Hall–Kier alpha value is -1.88. The third kappa shape index (κ3) is 3.50. The molecule has 5 heteroatoms. The third-order valence-corrected chi connectivity index (χ3v) is 6.12. The third-order valence-electron chi connectivity index (χ3n) is 6.12. The van der Waals surface area contributed by atoms with Crippen molar-refractivity contribution in [2.24, 2.45) is 11.8 Å². The number of nitrogens with zero attached hydrogens (tertiary/aromatic N) is 2. The van der Waals surface area contributed by atoms with Gasteiger partial charge in [-0.1, -0.05) is 18.2 Å². The number of hydrogen-bond acceptors (Lipinski definition) is 3. The van der Waals surface area contributed by atoms with Crippen LogP contribution in [0.2, 0.25) is 0 Å². The van der Waals surface area contributed by atoms with E-state index in [0.29, 0.717) is 26.3 Å². The van der Waals surface area contributed by atoms with Gasteiger partial charge in [0.1, 0.15) is 0 Å². The van der Waals surface area contributed by atoms with Crippen LogP contribution in [0.5, 0.6) is 0 Å². The summed E-state index contributed by atoms with van der Waals surface area (Å²) in [7, 11) is 0. The normalized spacial score (nSPS) is 26.3. The lowest BCUT2D eigenvalue weighted by Crippen LogP contribution is -2.45. The van der Waals surface area contributed by atoms with E-state index in [0.717, 1.165) is 50.8 Å². The van der Waals surface area contributed by atoms with Gasteiger partial charge in [-0.25, -0.2) is 0 Å². The fraction of sp³-hybridized carbons (Fsp3) is 0.619. The number of para-hydroxylation sites is 1. The highest BCUT2D eigenvalue weighted by molar-refractivity contribution is 5.96. The zero-order valence-corrected chi connectivity index (χ0v) is 15.4. The van der Waals surface area contributed by atoms with Gasteiger partial charge >= 0.3 is 0 Å². The van der Waals surface area contributed by atoms with E-state index in [9.17, 15) is 9.59 Å². The van der Waals surface area contributed by atoms with Crippen LogP contribution in [0.3, 0.4) is 0 Å². The summed E-state index contributed by atoms with van der Waals surface area (Å²) in [6, 6.07) is 8.27. The first kappa shape index (κ1) is 17.5. The summed E-state index contributed by atoms with van der Waals surface area (Å²) >= 11 is 0. The molecule has 2 amide bonds. The summed E-state index contributed by atoms with van der Waals surface area (Å²) in [5, 5.41) is 0. The van der Waals surface area contributed by atoms with Crippen molar-refractivity contribution in [3.8, 4) is 0 Å². The minimum atomic E-state index is 0.0647. The van der Waals surface area contributed by atoms with Crippen LogP contribution in [0.15, 0.2) is 24.3 Å². The summed E-state index contributed by atoms with van der Waals surface area (Å²) in [6.07, 6.45) is 5.43. The fourth-order valence-corrected chi connectivity index (χ4v) is 4.61. The summed E-state index contributed by atoms with van der Waals surface area (Å²) in [5.74, 6) is 0.678. The highest BCUT2D eigenvalue weighted by Gasteiger charge is 2.35. The molecular weight excluding hydrogens is 328 g/mol. The van der Waals surface area contributed by atoms with E-state index in [1.54, 1.807) is 0 Å². The van der Waals surface area contributed by atoms with Crippen molar-refractivity contribution in [2.45, 2.75) is 38.5 Å². The van der Waals surface area contributed by atoms with Crippen LogP contribution in [0.25, 0.3) is 0 Å². The number of fused-ring (bicyclic) bond motifs is 1. The maximum absolute atomic E-state index is 13.1. The fourth-order valence-electron chi connectivity index (χ4n) is 4.61. The van der Waals surface area contributed by atoms with E-state index < -0.39 is 0 Å². The highest BCUT2D eigenvalue weighted by atomic mass is 16.5. The van der Waals surface area contributed by atoms with Crippen molar-refractivity contribution in [1.29, 1.82) is 0 Å². The van der Waals surface area contributed by atoms with Crippen LogP contribution in [0, 0.1) is 11.8 Å². The van der Waals surface area contributed by atoms with Gasteiger partial charge in [0.25, 0.3) is 0 Å². The molecule has 1 aromatic rings. The number of ether oxygens (including phenoxy) is 1. The molecule has 140 valence electrons. The van der Waals surface area contributed by atoms with Gasteiger partial charge in [-0.15, -0.1) is 0 Å². The van der Waals surface area contributed by atoms with Crippen molar-refractivity contribution >= 4 is 17.5 Å². The largest absolute Gasteiger partial charge is 0.378 e. The lowest BCUT2D eigenvalue weighted by Gasteiger charge is -2.36. The molecule has 0 N–H and O–H groups in total. The van der Waals surface area contributed by atoms with Gasteiger partial charge in [-0.05, 0) is 50.2 Å². The summed E-state index contributed by atoms with van der Waals surface area (Å²) in [5.41, 5.74) is 2.37. The van der Waals surface area contributed by atoms with Crippen LogP contribution in [0.4, 0.5) is 5.69 Å². The standard InChI is InChI=1S/C21H28N2O3/c24-20(22-12-14-26-15-13-22)17-7-9-18(10-8-17)21(25)23-11-3-5-16-4-1-2-6-19(16)23/h1-2,4,6,17-18H,3,5,7-15H2. The van der Waals surface area contributed by atoms with Crippen molar-refractivity contribution in [2.75, 3.05) is 37.7 Å². The van der Waals surface area contributed by atoms with Gasteiger partial charge in [0.15, 0.2) is 0 Å². The van der Waals surface area contributed by atoms with Crippen molar-refractivity contribution in [1.82, 2.24) is 4.90 Å². The van der Waals surface area contributed by atoms with Crippen LogP contribution in [0.1, 0.15) is 37.7 Å². The van der Waals surface area contributed by atoms with Gasteiger partial charge < -0.3 is 14.5 Å². The second-order valence-corrected chi connectivity index (χ2v) is 7.71. The maximum Gasteiger partial charge on any atom is 0.230 e. The Labute approximate surface area is 155 Å². The molecule has 2 aliphatic heterocycles. The number of carbonyl (C=O) groups is 2. The SMILES string of the molecule is O=C(C1CCC(C(=O)N2CCCc3ccccc32)CC1)N1CCOCC1. The predicted molar refractivity (Wildman–Crippen MR) is 100.0 cm³/mol. The topological polar surface area (TPSA) is 49.9 Å². The number of benzene rings is 1. The second kappa shape index (κ2) is 7.78. The average molecular weight is 356 g/mol. The Morgan fingerprint density at radius 1 is 0.885 bits per heavy atom. The minimum Gasteiger partial charge on any atom is -0.378 e. The maximum atomic E-state index is 13.1. The molecule has 2 heterocycles. The molecule has 0 atom stereocenters. The monoisotopic (exact) mass is 356 g/mol. The summed E-state index contributed by atoms with van der Waals surface area (Å²) < 4.78 is 5.34. The van der Waals surface area contributed by atoms with Gasteiger partial charge in [-0.2, -0.15) is 0 Å². The second-order valence-electron chi connectivity index (χ2n) is 7.71. The van der Waals surface area contributed by atoms with Crippen molar-refractivity contribution in [3.63, 3.8) is 0 Å². The smallest absolute Gasteiger partial charge is 0.230 e. The molecule has 0 bridgehead atoms. The van der Waals surface area contributed by atoms with Gasteiger partial charge in [-0.3, -0.25) is 9.59 Å². The van der Waals surface area contributed by atoms with E-state index in [1.807, 2.05) is 15.9 Å². The zero-order chi connectivity index (χ0) is 17.9. The van der Waals surface area contributed by atoms with Crippen LogP contribution >= 0.6 is 0 Å². The number of anilines is 1. The molecule has 0 radical (unpaired) electrons. The summed E-state index contributed by atoms with van der Waals surface area (Å²) in [6.45, 7) is 3.54.